The van der Waals surface area contributed by atoms with Crippen LogP contribution in [0.1, 0.15) is 30.4 Å². The quantitative estimate of drug-likeness (QED) is 0.876. The van der Waals surface area contributed by atoms with E-state index >= 15 is 0 Å². The molecule has 3 aliphatic rings. The molecule has 2 amide bonds. The Morgan fingerprint density at radius 2 is 2.28 bits per heavy atom. The van der Waals surface area contributed by atoms with Crippen LogP contribution in [-0.4, -0.2) is 48.2 Å². The topological polar surface area (TPSA) is 78.9 Å². The van der Waals surface area contributed by atoms with Crippen molar-refractivity contribution in [1.29, 1.82) is 0 Å². The van der Waals surface area contributed by atoms with Crippen molar-refractivity contribution < 1.29 is 19.4 Å². The van der Waals surface area contributed by atoms with E-state index in [1.54, 1.807) is 4.90 Å². The molecule has 1 aromatic rings. The fourth-order valence-electron chi connectivity index (χ4n) is 4.61. The lowest BCUT2D eigenvalue weighted by Gasteiger charge is -2.23. The number of carbonyl (C=O) groups excluding carboxylic acids is 1. The number of urea groups is 1. The number of ether oxygens (including phenoxy) is 1. The molecular formula is C19H24N2O4. The van der Waals surface area contributed by atoms with Crippen LogP contribution in [0.3, 0.4) is 0 Å². The Kier molecular flexibility index (Phi) is 4.06. The van der Waals surface area contributed by atoms with Gasteiger partial charge >= 0.3 is 12.0 Å². The first kappa shape index (κ1) is 16.2. The molecule has 0 unspecified atom stereocenters. The molecular weight excluding hydrogens is 320 g/mol. The lowest BCUT2D eigenvalue weighted by molar-refractivity contribution is -0.149. The van der Waals surface area contributed by atoms with E-state index in [-0.39, 0.29) is 11.9 Å². The van der Waals surface area contributed by atoms with Gasteiger partial charge < -0.3 is 20.1 Å². The molecule has 1 aliphatic carbocycles. The first-order chi connectivity index (χ1) is 12.1. The van der Waals surface area contributed by atoms with E-state index in [4.69, 9.17) is 4.74 Å². The molecule has 0 aromatic heterocycles. The first-order valence-corrected chi connectivity index (χ1v) is 9.09. The van der Waals surface area contributed by atoms with E-state index in [1.165, 1.54) is 11.1 Å². The van der Waals surface area contributed by atoms with Gasteiger partial charge in [0.05, 0.1) is 12.0 Å². The van der Waals surface area contributed by atoms with Gasteiger partial charge in [0, 0.05) is 26.1 Å². The molecule has 134 valence electrons. The number of carboxylic acids is 1. The Bertz CT molecular complexity index is 705. The van der Waals surface area contributed by atoms with Crippen molar-refractivity contribution in [3.63, 3.8) is 0 Å². The second-order valence-electron chi connectivity index (χ2n) is 7.45. The summed E-state index contributed by atoms with van der Waals surface area (Å²) in [5.41, 5.74) is 1.71. The van der Waals surface area contributed by atoms with Gasteiger partial charge in [0.15, 0.2) is 0 Å². The summed E-state index contributed by atoms with van der Waals surface area (Å²) in [5.74, 6) is 0.327. The van der Waals surface area contributed by atoms with E-state index in [2.05, 4.69) is 11.4 Å². The lowest BCUT2D eigenvalue weighted by Crippen LogP contribution is -2.42. The Balaban J connectivity index is 1.30. The molecule has 1 saturated carbocycles. The second kappa shape index (κ2) is 6.24. The maximum absolute atomic E-state index is 12.4. The number of rotatable bonds is 4. The number of benzene rings is 1. The second-order valence-corrected chi connectivity index (χ2v) is 7.45. The summed E-state index contributed by atoms with van der Waals surface area (Å²) in [6.07, 6.45) is 4.26. The van der Waals surface area contributed by atoms with Gasteiger partial charge in [-0.15, -0.1) is 0 Å². The van der Waals surface area contributed by atoms with Gasteiger partial charge in [-0.25, -0.2) is 4.79 Å². The van der Waals surface area contributed by atoms with Gasteiger partial charge in [0.25, 0.3) is 0 Å². The summed E-state index contributed by atoms with van der Waals surface area (Å²) in [5, 5.41) is 12.6. The number of fused-ring (bicyclic) bond motifs is 2. The Morgan fingerprint density at radius 1 is 1.40 bits per heavy atom. The van der Waals surface area contributed by atoms with Crippen LogP contribution in [0, 0.1) is 11.3 Å². The number of carbonyl (C=O) groups is 2. The van der Waals surface area contributed by atoms with Crippen molar-refractivity contribution in [3.05, 3.63) is 29.3 Å². The summed E-state index contributed by atoms with van der Waals surface area (Å²) in [4.78, 5) is 25.8. The average Bonchev–Trinajstić information content (AvgIpc) is 3.27. The van der Waals surface area contributed by atoms with Crippen LogP contribution >= 0.6 is 0 Å². The van der Waals surface area contributed by atoms with Crippen LogP contribution in [0.15, 0.2) is 18.2 Å². The van der Waals surface area contributed by atoms with Crippen molar-refractivity contribution >= 4 is 12.0 Å². The third-order valence-corrected chi connectivity index (χ3v) is 6.03. The number of hydrogen-bond donors (Lipinski definition) is 2. The average molecular weight is 344 g/mol. The Hall–Kier alpha value is -2.24. The minimum Gasteiger partial charge on any atom is -0.493 e. The number of nitrogens with zero attached hydrogens (tertiary/aromatic N) is 1. The molecule has 25 heavy (non-hydrogen) atoms. The van der Waals surface area contributed by atoms with Crippen LogP contribution < -0.4 is 10.1 Å². The zero-order valence-corrected chi connectivity index (χ0v) is 14.3. The van der Waals surface area contributed by atoms with Crippen LogP contribution in [0.25, 0.3) is 0 Å². The molecule has 6 nitrogen and oxygen atoms in total. The predicted molar refractivity (Wildman–Crippen MR) is 91.7 cm³/mol. The molecule has 2 aliphatic heterocycles. The van der Waals surface area contributed by atoms with Gasteiger partial charge in [-0.05, 0) is 42.4 Å². The Labute approximate surface area is 147 Å². The highest BCUT2D eigenvalue weighted by atomic mass is 16.5. The number of hydrogen-bond acceptors (Lipinski definition) is 3. The fraction of sp³-hybridized carbons (Fsp3) is 0.579. The number of carboxylic acid groups (broad SMARTS) is 1. The maximum atomic E-state index is 12.4. The normalized spacial score (nSPS) is 26.9. The van der Waals surface area contributed by atoms with Gasteiger partial charge in [-0.3, -0.25) is 4.79 Å². The molecule has 6 heteroatoms. The summed E-state index contributed by atoms with van der Waals surface area (Å²) in [6.45, 7) is 2.21. The summed E-state index contributed by atoms with van der Waals surface area (Å²) >= 11 is 0. The largest absolute Gasteiger partial charge is 0.493 e. The van der Waals surface area contributed by atoms with Crippen molar-refractivity contribution in [2.45, 2.75) is 32.1 Å². The van der Waals surface area contributed by atoms with Crippen LogP contribution in [0.4, 0.5) is 4.79 Å². The highest BCUT2D eigenvalue weighted by Gasteiger charge is 2.55. The van der Waals surface area contributed by atoms with Crippen LogP contribution in [-0.2, 0) is 17.6 Å². The van der Waals surface area contributed by atoms with Gasteiger partial charge in [-0.2, -0.15) is 0 Å². The Morgan fingerprint density at radius 3 is 3.08 bits per heavy atom. The number of likely N-dealkylation sites (tertiary alicyclic amines) is 1. The number of amides is 2. The minimum atomic E-state index is -0.745. The highest BCUT2D eigenvalue weighted by molar-refractivity contribution is 5.80. The smallest absolute Gasteiger partial charge is 0.317 e. The van der Waals surface area contributed by atoms with E-state index < -0.39 is 11.4 Å². The zero-order chi connectivity index (χ0) is 17.4. The molecule has 2 N–H and O–H groups in total. The molecule has 1 saturated heterocycles. The fourth-order valence-corrected chi connectivity index (χ4v) is 4.61. The van der Waals surface area contributed by atoms with Gasteiger partial charge in [0.1, 0.15) is 5.75 Å². The van der Waals surface area contributed by atoms with Gasteiger partial charge in [0.2, 0.25) is 0 Å². The summed E-state index contributed by atoms with van der Waals surface area (Å²) in [7, 11) is 0. The van der Waals surface area contributed by atoms with Crippen molar-refractivity contribution in [2.24, 2.45) is 11.3 Å². The van der Waals surface area contributed by atoms with Crippen molar-refractivity contribution in [3.8, 4) is 5.75 Å². The van der Waals surface area contributed by atoms with Crippen LogP contribution in [0.5, 0.6) is 5.75 Å². The van der Waals surface area contributed by atoms with E-state index in [0.717, 1.165) is 38.0 Å². The van der Waals surface area contributed by atoms with Gasteiger partial charge in [-0.1, -0.05) is 18.6 Å². The molecule has 0 spiro atoms. The van der Waals surface area contributed by atoms with E-state index in [1.807, 2.05) is 12.1 Å². The number of aliphatic carboxylic acids is 1. The standard InChI is InChI=1S/C19H24N2O4/c22-17(23)19-7-1-2-15(19)11-21(12-19)18(24)20-8-5-13-3-4-16-14(10-13)6-9-25-16/h3-4,10,15H,1-2,5-9,11-12H2,(H,20,24)(H,22,23)/t15-,19+/m0/s1. The third kappa shape index (κ3) is 2.83. The summed E-state index contributed by atoms with van der Waals surface area (Å²) < 4.78 is 5.50. The van der Waals surface area contributed by atoms with Crippen molar-refractivity contribution in [1.82, 2.24) is 10.2 Å². The molecule has 0 bridgehead atoms. The molecule has 2 heterocycles. The van der Waals surface area contributed by atoms with Crippen molar-refractivity contribution in [2.75, 3.05) is 26.2 Å². The molecule has 2 fully saturated rings. The lowest BCUT2D eigenvalue weighted by atomic mass is 9.81. The maximum Gasteiger partial charge on any atom is 0.317 e. The summed E-state index contributed by atoms with van der Waals surface area (Å²) in [6, 6.07) is 6.04. The zero-order valence-electron chi connectivity index (χ0n) is 14.3. The molecule has 2 atom stereocenters. The number of nitrogens with one attached hydrogen (secondary N) is 1. The minimum absolute atomic E-state index is 0.104. The SMILES string of the molecule is O=C(NCCc1ccc2c(c1)CCO2)N1C[C@@H]2CCC[C@@]2(C(=O)O)C1. The molecule has 4 rings (SSSR count). The predicted octanol–water partition coefficient (Wildman–Crippen LogP) is 2.06. The molecule has 1 aromatic carbocycles. The molecule has 0 radical (unpaired) electrons. The van der Waals surface area contributed by atoms with Crippen LogP contribution in [0.2, 0.25) is 0 Å². The van der Waals surface area contributed by atoms with E-state index in [9.17, 15) is 14.7 Å². The highest BCUT2D eigenvalue weighted by Crippen LogP contribution is 2.48. The first-order valence-electron chi connectivity index (χ1n) is 9.09. The third-order valence-electron chi connectivity index (χ3n) is 6.03. The monoisotopic (exact) mass is 344 g/mol. The van der Waals surface area contributed by atoms with E-state index in [0.29, 0.717) is 26.1 Å².